The molecule has 1 aliphatic carbocycles. The Morgan fingerprint density at radius 3 is 2.44 bits per heavy atom. The van der Waals surface area contributed by atoms with Crippen LogP contribution >= 0.6 is 0 Å². The van der Waals surface area contributed by atoms with Gasteiger partial charge < -0.3 is 5.32 Å². The number of rotatable bonds is 5. The van der Waals surface area contributed by atoms with Crippen LogP contribution in [0.1, 0.15) is 29.5 Å². The van der Waals surface area contributed by atoms with E-state index >= 15 is 0 Å². The fourth-order valence-corrected chi connectivity index (χ4v) is 4.29. The predicted octanol–water partition coefficient (Wildman–Crippen LogP) is 3.92. The number of nitrogens with one attached hydrogen (secondary N) is 1. The number of hydrogen-bond acceptors (Lipinski definition) is 2. The molecule has 2 aliphatic rings. The van der Waals surface area contributed by atoms with Crippen molar-refractivity contribution in [1.82, 2.24) is 10.2 Å². The van der Waals surface area contributed by atoms with Crippen molar-refractivity contribution in [3.05, 3.63) is 77.4 Å². The van der Waals surface area contributed by atoms with Crippen LogP contribution in [0.25, 0.3) is 6.08 Å². The summed E-state index contributed by atoms with van der Waals surface area (Å²) in [5.74, 6) is 0. The second-order valence-corrected chi connectivity index (χ2v) is 7.39. The molecular formula is C23H28N2. The highest BCUT2D eigenvalue weighted by atomic mass is 15.2. The molecule has 0 aromatic heterocycles. The molecule has 0 amide bonds. The number of piperidine rings is 1. The maximum absolute atomic E-state index is 3.74. The largest absolute Gasteiger partial charge is 0.309 e. The summed E-state index contributed by atoms with van der Waals surface area (Å²) in [6, 6.07) is 20.9. The predicted molar refractivity (Wildman–Crippen MR) is 106 cm³/mol. The summed E-state index contributed by atoms with van der Waals surface area (Å²) in [4.78, 5) is 2.72. The molecule has 1 N–H and O–H groups in total. The van der Waals surface area contributed by atoms with E-state index in [1.165, 1.54) is 44.3 Å². The van der Waals surface area contributed by atoms with E-state index in [0.29, 0.717) is 12.1 Å². The van der Waals surface area contributed by atoms with E-state index in [4.69, 9.17) is 0 Å². The number of benzene rings is 2. The first-order valence-corrected chi connectivity index (χ1v) is 9.64. The molecular weight excluding hydrogens is 304 g/mol. The van der Waals surface area contributed by atoms with E-state index in [2.05, 4.69) is 77.0 Å². The van der Waals surface area contributed by atoms with Crippen LogP contribution in [0.5, 0.6) is 0 Å². The Labute approximate surface area is 151 Å². The topological polar surface area (TPSA) is 15.3 Å². The minimum absolute atomic E-state index is 0.623. The standard InChI is InChI=1S/C23H28N2/c1-2-8-19(9-3-1)10-6-14-24-22-13-7-15-25(18-22)23-16-20-11-4-5-12-21(20)17-23/h1-6,8-12,22-24H,7,13-18H2/b10-6+. The summed E-state index contributed by atoms with van der Waals surface area (Å²) >= 11 is 0. The van der Waals surface area contributed by atoms with Gasteiger partial charge >= 0.3 is 0 Å². The average molecular weight is 332 g/mol. The molecule has 0 radical (unpaired) electrons. The molecule has 1 saturated heterocycles. The van der Waals surface area contributed by atoms with Gasteiger partial charge in [-0.3, -0.25) is 4.90 Å². The van der Waals surface area contributed by atoms with E-state index in [9.17, 15) is 0 Å². The molecule has 130 valence electrons. The molecule has 1 atom stereocenters. The zero-order valence-electron chi connectivity index (χ0n) is 14.9. The summed E-state index contributed by atoms with van der Waals surface area (Å²) in [5.41, 5.74) is 4.40. The van der Waals surface area contributed by atoms with Crippen LogP contribution in [0.3, 0.4) is 0 Å². The van der Waals surface area contributed by atoms with Crippen molar-refractivity contribution in [3.8, 4) is 0 Å². The number of hydrogen-bond donors (Lipinski definition) is 1. The van der Waals surface area contributed by atoms with Crippen LogP contribution in [0.15, 0.2) is 60.7 Å². The van der Waals surface area contributed by atoms with Gasteiger partial charge in [0, 0.05) is 25.2 Å². The van der Waals surface area contributed by atoms with Crippen LogP contribution in [-0.2, 0) is 12.8 Å². The third-order valence-corrected chi connectivity index (χ3v) is 5.63. The maximum Gasteiger partial charge on any atom is 0.0198 e. The van der Waals surface area contributed by atoms with Gasteiger partial charge in [0.05, 0.1) is 0 Å². The monoisotopic (exact) mass is 332 g/mol. The lowest BCUT2D eigenvalue weighted by Crippen LogP contribution is -2.49. The zero-order chi connectivity index (χ0) is 16.9. The van der Waals surface area contributed by atoms with Gasteiger partial charge in [0.25, 0.3) is 0 Å². The molecule has 1 unspecified atom stereocenters. The van der Waals surface area contributed by atoms with Crippen molar-refractivity contribution in [2.24, 2.45) is 0 Å². The van der Waals surface area contributed by atoms with Crippen molar-refractivity contribution in [2.45, 2.75) is 37.8 Å². The number of likely N-dealkylation sites (tertiary alicyclic amines) is 1. The highest BCUT2D eigenvalue weighted by molar-refractivity contribution is 5.48. The third-order valence-electron chi connectivity index (χ3n) is 5.63. The van der Waals surface area contributed by atoms with Crippen molar-refractivity contribution < 1.29 is 0 Å². The Hall–Kier alpha value is -1.90. The Bertz CT molecular complexity index is 682. The molecule has 2 aromatic carbocycles. The van der Waals surface area contributed by atoms with E-state index in [-0.39, 0.29) is 0 Å². The lowest BCUT2D eigenvalue weighted by atomic mass is 10.0. The van der Waals surface area contributed by atoms with Crippen molar-refractivity contribution in [2.75, 3.05) is 19.6 Å². The molecule has 1 heterocycles. The lowest BCUT2D eigenvalue weighted by Gasteiger charge is -2.37. The van der Waals surface area contributed by atoms with E-state index in [1.807, 2.05) is 0 Å². The molecule has 25 heavy (non-hydrogen) atoms. The Morgan fingerprint density at radius 2 is 1.68 bits per heavy atom. The smallest absolute Gasteiger partial charge is 0.0198 e. The summed E-state index contributed by atoms with van der Waals surface area (Å²) in [5, 5.41) is 3.74. The first kappa shape index (κ1) is 16.6. The number of fused-ring (bicyclic) bond motifs is 1. The van der Waals surface area contributed by atoms with E-state index < -0.39 is 0 Å². The molecule has 1 aliphatic heterocycles. The lowest BCUT2D eigenvalue weighted by molar-refractivity contribution is 0.142. The highest BCUT2D eigenvalue weighted by Gasteiger charge is 2.29. The summed E-state index contributed by atoms with van der Waals surface area (Å²) in [7, 11) is 0. The van der Waals surface area contributed by atoms with Gasteiger partial charge in [-0.15, -0.1) is 0 Å². The average Bonchev–Trinajstić information content (AvgIpc) is 3.11. The minimum Gasteiger partial charge on any atom is -0.309 e. The molecule has 0 saturated carbocycles. The Balaban J connectivity index is 1.27. The summed E-state index contributed by atoms with van der Waals surface area (Å²) in [6.07, 6.45) is 9.54. The van der Waals surface area contributed by atoms with Gasteiger partial charge in [-0.1, -0.05) is 66.7 Å². The first-order valence-electron chi connectivity index (χ1n) is 9.64. The number of nitrogens with zero attached hydrogens (tertiary/aromatic N) is 1. The molecule has 0 spiro atoms. The van der Waals surface area contributed by atoms with Crippen LogP contribution in [0.4, 0.5) is 0 Å². The molecule has 1 fully saturated rings. The summed E-state index contributed by atoms with van der Waals surface area (Å²) in [6.45, 7) is 3.41. The first-order chi connectivity index (χ1) is 12.4. The normalized spacial score (nSPS) is 21.7. The van der Waals surface area contributed by atoms with Gasteiger partial charge in [0.1, 0.15) is 0 Å². The van der Waals surface area contributed by atoms with Crippen LogP contribution in [-0.4, -0.2) is 36.6 Å². The molecule has 2 aromatic rings. The van der Waals surface area contributed by atoms with Crippen molar-refractivity contribution in [3.63, 3.8) is 0 Å². The van der Waals surface area contributed by atoms with E-state index in [0.717, 1.165) is 6.54 Å². The third kappa shape index (κ3) is 4.20. The van der Waals surface area contributed by atoms with Gasteiger partial charge in [-0.25, -0.2) is 0 Å². The zero-order valence-corrected chi connectivity index (χ0v) is 14.9. The van der Waals surface area contributed by atoms with Gasteiger partial charge in [0.15, 0.2) is 0 Å². The Morgan fingerprint density at radius 1 is 0.960 bits per heavy atom. The van der Waals surface area contributed by atoms with Crippen molar-refractivity contribution in [1.29, 1.82) is 0 Å². The maximum atomic E-state index is 3.74. The molecule has 2 nitrogen and oxygen atoms in total. The Kier molecular flexibility index (Phi) is 5.29. The van der Waals surface area contributed by atoms with Gasteiger partial charge in [-0.05, 0) is 48.9 Å². The SMILES string of the molecule is C(=C\c1ccccc1)/CNC1CCCN(C2Cc3ccccc3C2)C1. The van der Waals surface area contributed by atoms with Gasteiger partial charge in [0.2, 0.25) is 0 Å². The molecule has 2 heteroatoms. The fourth-order valence-electron chi connectivity index (χ4n) is 4.29. The van der Waals surface area contributed by atoms with Crippen LogP contribution in [0.2, 0.25) is 0 Å². The second kappa shape index (κ2) is 7.99. The van der Waals surface area contributed by atoms with Crippen LogP contribution < -0.4 is 5.32 Å². The van der Waals surface area contributed by atoms with E-state index in [1.54, 1.807) is 11.1 Å². The fraction of sp³-hybridized carbons (Fsp3) is 0.391. The quantitative estimate of drug-likeness (QED) is 0.893. The molecule has 0 bridgehead atoms. The van der Waals surface area contributed by atoms with Crippen LogP contribution in [0, 0.1) is 0 Å². The highest BCUT2D eigenvalue weighted by Crippen LogP contribution is 2.27. The van der Waals surface area contributed by atoms with Gasteiger partial charge in [-0.2, -0.15) is 0 Å². The molecule has 4 rings (SSSR count). The second-order valence-electron chi connectivity index (χ2n) is 7.39. The van der Waals surface area contributed by atoms with Crippen molar-refractivity contribution >= 4 is 6.08 Å². The summed E-state index contributed by atoms with van der Waals surface area (Å²) < 4.78 is 0. The minimum atomic E-state index is 0.623.